The minimum atomic E-state index is 0.318. The Labute approximate surface area is 64.0 Å². The summed E-state index contributed by atoms with van der Waals surface area (Å²) in [7, 11) is 0. The Bertz CT molecular complexity index is 168. The largest absolute Gasteiger partial charge is 0.103 e. The van der Waals surface area contributed by atoms with Gasteiger partial charge in [0.05, 0.1) is 0 Å². The van der Waals surface area contributed by atoms with E-state index in [0.29, 0.717) is 11.3 Å². The zero-order valence-electron chi connectivity index (χ0n) is 7.20. The van der Waals surface area contributed by atoms with Crippen LogP contribution in [-0.2, 0) is 0 Å². The summed E-state index contributed by atoms with van der Waals surface area (Å²) in [5, 5.41) is 0. The zero-order chi connectivity index (χ0) is 7.61. The van der Waals surface area contributed by atoms with Gasteiger partial charge in [-0.25, -0.2) is 0 Å². The highest BCUT2D eigenvalue weighted by atomic mass is 14.3. The standard InChI is InChI=1S/C10H16/c1-9(2)10(3)7-5-4-6-8-10/h9H,4-5,7H2,1-3H3. The molecule has 0 bridgehead atoms. The Morgan fingerprint density at radius 3 is 2.40 bits per heavy atom. The van der Waals surface area contributed by atoms with Gasteiger partial charge in [0.15, 0.2) is 0 Å². The summed E-state index contributed by atoms with van der Waals surface area (Å²) in [4.78, 5) is 0. The third-order valence-corrected chi connectivity index (χ3v) is 2.65. The average Bonchev–Trinajstić information content (AvgIpc) is 1.89. The maximum absolute atomic E-state index is 3.34. The van der Waals surface area contributed by atoms with Crippen LogP contribution in [-0.4, -0.2) is 0 Å². The Kier molecular flexibility index (Phi) is 2.04. The average molecular weight is 136 g/mol. The van der Waals surface area contributed by atoms with Gasteiger partial charge >= 0.3 is 0 Å². The molecule has 10 heavy (non-hydrogen) atoms. The lowest BCUT2D eigenvalue weighted by molar-refractivity contribution is 0.278. The van der Waals surface area contributed by atoms with Crippen molar-refractivity contribution in [1.29, 1.82) is 0 Å². The molecule has 0 N–H and O–H groups in total. The molecule has 0 spiro atoms. The van der Waals surface area contributed by atoms with Crippen LogP contribution in [0.1, 0.15) is 40.0 Å². The van der Waals surface area contributed by atoms with Crippen LogP contribution >= 0.6 is 0 Å². The van der Waals surface area contributed by atoms with Gasteiger partial charge in [0.2, 0.25) is 0 Å². The lowest BCUT2D eigenvalue weighted by atomic mass is 9.74. The second kappa shape index (κ2) is 2.66. The van der Waals surface area contributed by atoms with E-state index in [1.165, 1.54) is 12.8 Å². The highest BCUT2D eigenvalue weighted by molar-refractivity contribution is 5.14. The van der Waals surface area contributed by atoms with Gasteiger partial charge in [-0.2, -0.15) is 0 Å². The topological polar surface area (TPSA) is 0 Å². The van der Waals surface area contributed by atoms with Gasteiger partial charge in [0.25, 0.3) is 0 Å². The molecule has 1 atom stereocenters. The van der Waals surface area contributed by atoms with E-state index in [9.17, 15) is 0 Å². The van der Waals surface area contributed by atoms with E-state index in [1.807, 2.05) is 0 Å². The lowest BCUT2D eigenvalue weighted by Crippen LogP contribution is -2.22. The van der Waals surface area contributed by atoms with Gasteiger partial charge in [0.1, 0.15) is 0 Å². The Balaban J connectivity index is 2.72. The predicted octanol–water partition coefficient (Wildman–Crippen LogP) is 2.84. The first kappa shape index (κ1) is 7.66. The van der Waals surface area contributed by atoms with Crippen molar-refractivity contribution in [1.82, 2.24) is 0 Å². The van der Waals surface area contributed by atoms with E-state index in [0.717, 1.165) is 6.42 Å². The van der Waals surface area contributed by atoms with E-state index in [4.69, 9.17) is 0 Å². The molecule has 0 fully saturated rings. The maximum atomic E-state index is 3.34. The molecule has 1 aliphatic carbocycles. The van der Waals surface area contributed by atoms with Crippen molar-refractivity contribution < 1.29 is 0 Å². The number of hydrogen-bond acceptors (Lipinski definition) is 0. The van der Waals surface area contributed by atoms with Crippen molar-refractivity contribution in [2.75, 3.05) is 0 Å². The molecule has 0 saturated carbocycles. The molecule has 56 valence electrons. The van der Waals surface area contributed by atoms with Crippen LogP contribution in [0.25, 0.3) is 0 Å². The third-order valence-electron chi connectivity index (χ3n) is 2.65. The number of rotatable bonds is 1. The maximum Gasteiger partial charge on any atom is 0.0309 e. The van der Waals surface area contributed by atoms with Gasteiger partial charge in [0, 0.05) is 11.8 Å². The van der Waals surface area contributed by atoms with Gasteiger partial charge < -0.3 is 0 Å². The van der Waals surface area contributed by atoms with Gasteiger partial charge in [-0.15, -0.1) is 5.92 Å². The van der Waals surface area contributed by atoms with E-state index < -0.39 is 0 Å². The summed E-state index contributed by atoms with van der Waals surface area (Å²) in [5.74, 6) is 7.26. The Hall–Kier alpha value is -0.440. The fourth-order valence-corrected chi connectivity index (χ4v) is 1.30. The molecule has 0 aromatic carbocycles. The van der Waals surface area contributed by atoms with Crippen molar-refractivity contribution in [2.45, 2.75) is 40.0 Å². The van der Waals surface area contributed by atoms with Crippen LogP contribution in [0.15, 0.2) is 0 Å². The van der Waals surface area contributed by atoms with Gasteiger partial charge in [-0.3, -0.25) is 0 Å². The van der Waals surface area contributed by atoms with Crippen molar-refractivity contribution in [3.8, 4) is 11.8 Å². The van der Waals surface area contributed by atoms with Crippen molar-refractivity contribution in [2.24, 2.45) is 11.3 Å². The molecule has 0 aromatic heterocycles. The van der Waals surface area contributed by atoms with Gasteiger partial charge in [-0.1, -0.05) is 19.8 Å². The third kappa shape index (κ3) is 1.34. The van der Waals surface area contributed by atoms with E-state index in [-0.39, 0.29) is 0 Å². The molecule has 0 heterocycles. The summed E-state index contributed by atoms with van der Waals surface area (Å²) in [6.45, 7) is 6.81. The van der Waals surface area contributed by atoms with Crippen molar-refractivity contribution >= 4 is 0 Å². The monoisotopic (exact) mass is 136 g/mol. The molecule has 0 heteroatoms. The predicted molar refractivity (Wildman–Crippen MR) is 44.6 cm³/mol. The van der Waals surface area contributed by atoms with Crippen molar-refractivity contribution in [3.05, 3.63) is 0 Å². The second-order valence-electron chi connectivity index (χ2n) is 3.73. The second-order valence-corrected chi connectivity index (χ2v) is 3.73. The van der Waals surface area contributed by atoms with E-state index >= 15 is 0 Å². The Morgan fingerprint density at radius 2 is 2.10 bits per heavy atom. The first-order chi connectivity index (χ1) is 4.65. The minimum Gasteiger partial charge on any atom is -0.103 e. The van der Waals surface area contributed by atoms with E-state index in [2.05, 4.69) is 32.6 Å². The first-order valence-corrected chi connectivity index (χ1v) is 4.15. The molecule has 1 rings (SSSR count). The summed E-state index contributed by atoms with van der Waals surface area (Å²) in [6, 6.07) is 0. The lowest BCUT2D eigenvalue weighted by Gasteiger charge is -2.29. The van der Waals surface area contributed by atoms with Gasteiger partial charge in [-0.05, 0) is 25.7 Å². The molecular weight excluding hydrogens is 120 g/mol. The fourth-order valence-electron chi connectivity index (χ4n) is 1.30. The normalized spacial score (nSPS) is 31.6. The van der Waals surface area contributed by atoms with E-state index in [1.54, 1.807) is 0 Å². The summed E-state index contributed by atoms with van der Waals surface area (Å²) in [5.41, 5.74) is 0.318. The molecule has 0 saturated heterocycles. The van der Waals surface area contributed by atoms with Crippen LogP contribution < -0.4 is 0 Å². The Morgan fingerprint density at radius 1 is 1.40 bits per heavy atom. The van der Waals surface area contributed by atoms with Crippen LogP contribution in [0.5, 0.6) is 0 Å². The summed E-state index contributed by atoms with van der Waals surface area (Å²) in [6.07, 6.45) is 3.70. The zero-order valence-corrected chi connectivity index (χ0v) is 7.20. The molecule has 0 radical (unpaired) electrons. The molecule has 0 aliphatic heterocycles. The van der Waals surface area contributed by atoms with Crippen molar-refractivity contribution in [3.63, 3.8) is 0 Å². The van der Waals surface area contributed by atoms with Crippen LogP contribution in [0, 0.1) is 23.2 Å². The quantitative estimate of drug-likeness (QED) is 0.486. The molecule has 1 unspecified atom stereocenters. The molecule has 1 aliphatic rings. The molecule has 0 amide bonds. The summed E-state index contributed by atoms with van der Waals surface area (Å²) >= 11 is 0. The number of hydrogen-bond donors (Lipinski definition) is 0. The minimum absolute atomic E-state index is 0.318. The van der Waals surface area contributed by atoms with Crippen LogP contribution in [0.4, 0.5) is 0 Å². The highest BCUT2D eigenvalue weighted by Crippen LogP contribution is 2.33. The smallest absolute Gasteiger partial charge is 0.0309 e. The molecular formula is C10H16. The van der Waals surface area contributed by atoms with Crippen LogP contribution in [0.2, 0.25) is 0 Å². The van der Waals surface area contributed by atoms with Crippen LogP contribution in [0.3, 0.4) is 0 Å². The molecule has 0 nitrogen and oxygen atoms in total. The highest BCUT2D eigenvalue weighted by Gasteiger charge is 2.26. The summed E-state index contributed by atoms with van der Waals surface area (Å²) < 4.78 is 0. The fraction of sp³-hybridized carbons (Fsp3) is 0.800. The first-order valence-electron chi connectivity index (χ1n) is 4.15. The molecule has 0 aromatic rings. The SMILES string of the molecule is CC(C)C1(C)C#CCCC1.